The molecule has 0 N–H and O–H groups in total. The van der Waals surface area contributed by atoms with Crippen molar-refractivity contribution in [2.75, 3.05) is 53.1 Å². The van der Waals surface area contributed by atoms with E-state index in [1.54, 1.807) is 15.7 Å². The van der Waals surface area contributed by atoms with E-state index >= 15 is 0 Å². The molecule has 2 atom stereocenters. The van der Waals surface area contributed by atoms with E-state index < -0.39 is 15.8 Å². The van der Waals surface area contributed by atoms with Crippen LogP contribution in [-0.2, 0) is 19.7 Å². The van der Waals surface area contributed by atoms with Crippen LogP contribution in [0, 0.1) is 5.92 Å². The monoisotopic (exact) mass is 438 g/mol. The van der Waals surface area contributed by atoms with Gasteiger partial charge in [0.15, 0.2) is 11.5 Å². The van der Waals surface area contributed by atoms with Crippen molar-refractivity contribution in [3.05, 3.63) is 23.8 Å². The Bertz CT molecular complexity index is 877. The average Bonchev–Trinajstić information content (AvgIpc) is 2.80. The van der Waals surface area contributed by atoms with Crippen molar-refractivity contribution < 1.29 is 27.4 Å². The van der Waals surface area contributed by atoms with Crippen LogP contribution in [0.1, 0.15) is 37.4 Å². The number of morpholine rings is 1. The fourth-order valence-electron chi connectivity index (χ4n) is 5.44. The van der Waals surface area contributed by atoms with Crippen LogP contribution >= 0.6 is 0 Å². The Morgan fingerprint density at radius 3 is 2.53 bits per heavy atom. The molecular formula is C21H30N2O6S. The molecule has 8 nitrogen and oxygen atoms in total. The predicted octanol–water partition coefficient (Wildman–Crippen LogP) is 1.97. The van der Waals surface area contributed by atoms with Crippen LogP contribution in [0.2, 0.25) is 0 Å². The lowest BCUT2D eigenvalue weighted by Gasteiger charge is -2.53. The summed E-state index contributed by atoms with van der Waals surface area (Å²) < 4.78 is 53.2. The van der Waals surface area contributed by atoms with Gasteiger partial charge in [-0.25, -0.2) is 0 Å². The molecule has 1 spiro atoms. The molecule has 3 saturated heterocycles. The Morgan fingerprint density at radius 1 is 1.07 bits per heavy atom. The number of fused-ring (bicyclic) bond motifs is 4. The van der Waals surface area contributed by atoms with Gasteiger partial charge >= 0.3 is 0 Å². The smallest absolute Gasteiger partial charge is 0.282 e. The fourth-order valence-corrected chi connectivity index (χ4v) is 7.02. The third kappa shape index (κ3) is 3.31. The molecule has 5 rings (SSSR count). The van der Waals surface area contributed by atoms with Gasteiger partial charge in [-0.1, -0.05) is 12.1 Å². The maximum atomic E-state index is 13.1. The van der Waals surface area contributed by atoms with E-state index in [4.69, 9.17) is 18.9 Å². The van der Waals surface area contributed by atoms with Gasteiger partial charge in [-0.15, -0.1) is 0 Å². The minimum atomic E-state index is -3.47. The molecule has 1 aromatic rings. The van der Waals surface area contributed by atoms with Gasteiger partial charge in [0.05, 0.1) is 26.4 Å². The third-order valence-electron chi connectivity index (χ3n) is 7.03. The van der Waals surface area contributed by atoms with E-state index in [2.05, 4.69) is 6.07 Å². The summed E-state index contributed by atoms with van der Waals surface area (Å²) in [6.07, 6.45) is 3.30. The predicted molar refractivity (Wildman–Crippen MR) is 110 cm³/mol. The van der Waals surface area contributed by atoms with Crippen LogP contribution in [0.5, 0.6) is 11.5 Å². The van der Waals surface area contributed by atoms with Crippen LogP contribution in [0.15, 0.2) is 18.2 Å². The first-order chi connectivity index (χ1) is 14.5. The van der Waals surface area contributed by atoms with Crippen molar-refractivity contribution in [1.29, 1.82) is 0 Å². The molecule has 0 radical (unpaired) electrons. The largest absolute Gasteiger partial charge is 0.493 e. The van der Waals surface area contributed by atoms with Gasteiger partial charge in [-0.05, 0) is 18.9 Å². The van der Waals surface area contributed by atoms with Gasteiger partial charge in [0.2, 0.25) is 0 Å². The minimum absolute atomic E-state index is 0.0278. The highest BCUT2D eigenvalue weighted by Gasteiger charge is 2.54. The van der Waals surface area contributed by atoms with Crippen molar-refractivity contribution >= 4 is 10.2 Å². The van der Waals surface area contributed by atoms with Gasteiger partial charge in [0.1, 0.15) is 5.60 Å². The molecule has 0 amide bonds. The second-order valence-electron chi connectivity index (χ2n) is 8.50. The number of hydrogen-bond donors (Lipinski definition) is 0. The van der Waals surface area contributed by atoms with E-state index in [0.29, 0.717) is 58.0 Å². The summed E-state index contributed by atoms with van der Waals surface area (Å²) in [7, 11) is -1.82. The van der Waals surface area contributed by atoms with Crippen molar-refractivity contribution in [1.82, 2.24) is 8.61 Å². The maximum absolute atomic E-state index is 13.1. The van der Waals surface area contributed by atoms with Crippen molar-refractivity contribution in [3.8, 4) is 11.5 Å². The van der Waals surface area contributed by atoms with E-state index in [1.807, 2.05) is 12.1 Å². The quantitative estimate of drug-likeness (QED) is 0.718. The Kier molecular flexibility index (Phi) is 5.43. The zero-order valence-electron chi connectivity index (χ0n) is 17.4. The van der Waals surface area contributed by atoms with Gasteiger partial charge in [-0.3, -0.25) is 0 Å². The molecule has 1 aromatic carbocycles. The van der Waals surface area contributed by atoms with Crippen LogP contribution in [0.3, 0.4) is 0 Å². The highest BCUT2D eigenvalue weighted by Crippen LogP contribution is 2.55. The Balaban J connectivity index is 1.41. The lowest BCUT2D eigenvalue weighted by Crippen LogP contribution is -2.59. The molecule has 166 valence electrons. The molecule has 0 bridgehead atoms. The SMILES string of the molecule is COc1cccc2c1OC1(CCN(S(=O)(=O)N3CCOCC3)CC1)[C@H]1CCCO[C@H]21. The first-order valence-electron chi connectivity index (χ1n) is 10.9. The van der Waals surface area contributed by atoms with Gasteiger partial charge in [0, 0.05) is 57.1 Å². The number of nitrogens with zero attached hydrogens (tertiary/aromatic N) is 2. The lowest BCUT2D eigenvalue weighted by molar-refractivity contribution is -0.146. The summed E-state index contributed by atoms with van der Waals surface area (Å²) in [5.41, 5.74) is 0.622. The molecule has 4 aliphatic heterocycles. The van der Waals surface area contributed by atoms with Crippen LogP contribution in [0.4, 0.5) is 0 Å². The van der Waals surface area contributed by atoms with Crippen molar-refractivity contribution in [3.63, 3.8) is 0 Å². The number of methoxy groups -OCH3 is 1. The summed E-state index contributed by atoms with van der Waals surface area (Å²) in [5.74, 6) is 1.69. The van der Waals surface area contributed by atoms with Gasteiger partial charge < -0.3 is 18.9 Å². The summed E-state index contributed by atoms with van der Waals surface area (Å²) >= 11 is 0. The molecule has 3 fully saturated rings. The molecule has 0 aliphatic carbocycles. The second kappa shape index (κ2) is 7.94. The molecular weight excluding hydrogens is 408 g/mol. The van der Waals surface area contributed by atoms with E-state index in [-0.39, 0.29) is 12.0 Å². The molecule has 30 heavy (non-hydrogen) atoms. The highest BCUT2D eigenvalue weighted by atomic mass is 32.2. The third-order valence-corrected chi connectivity index (χ3v) is 9.07. The van der Waals surface area contributed by atoms with Gasteiger partial charge in [0.25, 0.3) is 10.2 Å². The molecule has 0 saturated carbocycles. The summed E-state index contributed by atoms with van der Waals surface area (Å²) in [4.78, 5) is 0. The van der Waals surface area contributed by atoms with Crippen molar-refractivity contribution in [2.24, 2.45) is 5.92 Å². The second-order valence-corrected chi connectivity index (χ2v) is 10.4. The van der Waals surface area contributed by atoms with Crippen LogP contribution in [0.25, 0.3) is 0 Å². The first kappa shape index (κ1) is 20.5. The number of rotatable bonds is 3. The summed E-state index contributed by atoms with van der Waals surface area (Å²) in [5, 5.41) is 0. The molecule has 0 unspecified atom stereocenters. The topological polar surface area (TPSA) is 77.5 Å². The van der Waals surface area contributed by atoms with Crippen LogP contribution < -0.4 is 9.47 Å². The Hall–Kier alpha value is -1.39. The van der Waals surface area contributed by atoms with Crippen molar-refractivity contribution in [2.45, 2.75) is 37.4 Å². The van der Waals surface area contributed by atoms with E-state index in [0.717, 1.165) is 30.8 Å². The zero-order valence-corrected chi connectivity index (χ0v) is 18.2. The lowest BCUT2D eigenvalue weighted by atomic mass is 9.70. The number of hydrogen-bond acceptors (Lipinski definition) is 6. The fraction of sp³-hybridized carbons (Fsp3) is 0.714. The highest BCUT2D eigenvalue weighted by molar-refractivity contribution is 7.86. The first-order valence-corrected chi connectivity index (χ1v) is 12.3. The number of piperidine rings is 1. The van der Waals surface area contributed by atoms with Crippen LogP contribution in [-0.4, -0.2) is 75.7 Å². The number of para-hydroxylation sites is 1. The summed E-state index contributed by atoms with van der Waals surface area (Å²) in [6, 6.07) is 5.95. The molecule has 4 aliphatic rings. The molecule has 9 heteroatoms. The minimum Gasteiger partial charge on any atom is -0.493 e. The average molecular weight is 439 g/mol. The Morgan fingerprint density at radius 2 is 1.80 bits per heavy atom. The molecule has 4 heterocycles. The van der Waals surface area contributed by atoms with E-state index in [9.17, 15) is 8.42 Å². The normalized spacial score (nSPS) is 29.6. The number of ether oxygens (including phenoxy) is 4. The maximum Gasteiger partial charge on any atom is 0.282 e. The van der Waals surface area contributed by atoms with Gasteiger partial charge in [-0.2, -0.15) is 17.0 Å². The Labute approximate surface area is 178 Å². The zero-order chi connectivity index (χ0) is 20.8. The number of benzene rings is 1. The van der Waals surface area contributed by atoms with E-state index in [1.165, 1.54) is 0 Å². The standard InChI is InChI=1S/C21H30N2O6S/c1-26-18-6-2-4-16-19-17(5-3-13-28-19)21(29-20(16)18)7-9-22(10-8-21)30(24,25)23-11-14-27-15-12-23/h2,4,6,17,19H,3,5,7-15H2,1H3/t17-,19+/m0/s1. The molecule has 0 aromatic heterocycles. The summed E-state index contributed by atoms with van der Waals surface area (Å²) in [6.45, 7) is 3.40.